The van der Waals surface area contributed by atoms with Gasteiger partial charge in [-0.05, 0) is 60.6 Å². The molecule has 5 aromatic rings. The summed E-state index contributed by atoms with van der Waals surface area (Å²) in [7, 11) is 0. The summed E-state index contributed by atoms with van der Waals surface area (Å²) >= 11 is 1.43. The number of aromatic nitrogens is 2. The average Bonchev–Trinajstić information content (AvgIpc) is 3.58. The van der Waals surface area contributed by atoms with Gasteiger partial charge in [-0.2, -0.15) is 5.26 Å². The smallest absolute Gasteiger partial charge is 0.233 e. The predicted molar refractivity (Wildman–Crippen MR) is 159 cm³/mol. The van der Waals surface area contributed by atoms with Crippen LogP contribution in [0.25, 0.3) is 11.1 Å². The summed E-state index contributed by atoms with van der Waals surface area (Å²) < 4.78 is 5.31. The summed E-state index contributed by atoms with van der Waals surface area (Å²) in [5.74, 6) is 0.569. The molecule has 3 aromatic carbocycles. The molecule has 7 heteroatoms. The Kier molecular flexibility index (Phi) is 5.74. The molecule has 0 spiro atoms. The highest BCUT2D eigenvalue weighted by molar-refractivity contribution is 7.13. The number of anilines is 1. The number of hydrogen-bond donors (Lipinski definition) is 1. The third kappa shape index (κ3) is 3.78. The van der Waals surface area contributed by atoms with Crippen molar-refractivity contribution in [3.8, 4) is 17.2 Å². The van der Waals surface area contributed by atoms with Gasteiger partial charge in [0, 0.05) is 23.3 Å². The first-order valence-corrected chi connectivity index (χ1v) is 14.6. The molecule has 3 aliphatic rings. The lowest BCUT2D eigenvalue weighted by atomic mass is 9.47. The molecule has 1 amide bonds. The average molecular weight is 557 g/mol. The van der Waals surface area contributed by atoms with Crippen LogP contribution in [-0.2, 0) is 16.6 Å². The first kappa shape index (κ1) is 25.4. The fourth-order valence-electron chi connectivity index (χ4n) is 7.07. The molecule has 1 unspecified atom stereocenters. The molecule has 0 saturated heterocycles. The summed E-state index contributed by atoms with van der Waals surface area (Å²) in [6, 6.07) is 27.2. The van der Waals surface area contributed by atoms with E-state index in [0.29, 0.717) is 18.0 Å². The standard InChI is InChI=1S/C34H28N4O2S/c1-20-29(21(2)40-38-20)23-14-12-22(13-15-23)16-24-17-41-32(36-24)37-31(39)33(3)18-34(19-35)27-10-6-4-8-25(27)30(33)26-9-5-7-11-28(26)34/h4-15,17,30H,16,18H2,1-3H3,(H,36,37,39). The Bertz CT molecular complexity index is 1800. The fourth-order valence-corrected chi connectivity index (χ4v) is 7.77. The number of fused-ring (bicyclic) bond motifs is 1. The van der Waals surface area contributed by atoms with E-state index in [4.69, 9.17) is 9.51 Å². The Labute approximate surface area is 242 Å². The molecule has 2 bridgehead atoms. The van der Waals surface area contributed by atoms with Crippen molar-refractivity contribution in [1.82, 2.24) is 10.1 Å². The molecule has 202 valence electrons. The normalized spacial score (nSPS) is 22.0. The highest BCUT2D eigenvalue weighted by Crippen LogP contribution is 2.63. The van der Waals surface area contributed by atoms with Crippen LogP contribution in [0.15, 0.2) is 82.7 Å². The number of rotatable bonds is 5. The van der Waals surface area contributed by atoms with Gasteiger partial charge in [-0.1, -0.05) is 78.0 Å². The summed E-state index contributed by atoms with van der Waals surface area (Å²) in [5.41, 5.74) is 7.51. The summed E-state index contributed by atoms with van der Waals surface area (Å²) in [5, 5.41) is 20.4. The van der Waals surface area contributed by atoms with Crippen molar-refractivity contribution in [3.63, 3.8) is 0 Å². The van der Waals surface area contributed by atoms with Gasteiger partial charge >= 0.3 is 0 Å². The van der Waals surface area contributed by atoms with Crippen LogP contribution in [-0.4, -0.2) is 16.0 Å². The van der Waals surface area contributed by atoms with Crippen molar-refractivity contribution < 1.29 is 9.32 Å². The maximum absolute atomic E-state index is 14.1. The largest absolute Gasteiger partial charge is 0.361 e. The first-order chi connectivity index (χ1) is 19.8. The molecule has 6 nitrogen and oxygen atoms in total. The Morgan fingerprint density at radius 2 is 1.71 bits per heavy atom. The van der Waals surface area contributed by atoms with Gasteiger partial charge in [-0.15, -0.1) is 11.3 Å². The van der Waals surface area contributed by atoms with Gasteiger partial charge in [0.25, 0.3) is 0 Å². The van der Waals surface area contributed by atoms with Crippen molar-refractivity contribution in [1.29, 1.82) is 5.26 Å². The molecule has 1 atom stereocenters. The Hall–Kier alpha value is -4.54. The van der Waals surface area contributed by atoms with Crippen LogP contribution in [0.3, 0.4) is 0 Å². The number of hydrogen-bond acceptors (Lipinski definition) is 6. The molecule has 1 N–H and O–H groups in total. The van der Waals surface area contributed by atoms with Crippen LogP contribution in [0.2, 0.25) is 0 Å². The molecule has 0 fully saturated rings. The summed E-state index contributed by atoms with van der Waals surface area (Å²) in [6.45, 7) is 5.87. The van der Waals surface area contributed by atoms with E-state index in [-0.39, 0.29) is 11.8 Å². The lowest BCUT2D eigenvalue weighted by Gasteiger charge is -2.54. The minimum atomic E-state index is -0.863. The fraction of sp³-hybridized carbons (Fsp3) is 0.235. The molecule has 3 aliphatic carbocycles. The first-order valence-electron chi connectivity index (χ1n) is 13.7. The van der Waals surface area contributed by atoms with Gasteiger partial charge < -0.3 is 9.84 Å². The minimum absolute atomic E-state index is 0.101. The zero-order valence-corrected chi connectivity index (χ0v) is 23.9. The van der Waals surface area contributed by atoms with Crippen LogP contribution < -0.4 is 5.32 Å². The number of aryl methyl sites for hydroxylation is 2. The topological polar surface area (TPSA) is 91.8 Å². The van der Waals surface area contributed by atoms with Crippen molar-refractivity contribution in [2.24, 2.45) is 5.41 Å². The number of nitrogens with zero attached hydrogens (tertiary/aromatic N) is 3. The number of nitrogens with one attached hydrogen (secondary N) is 1. The summed E-state index contributed by atoms with van der Waals surface area (Å²) in [6.07, 6.45) is 1.09. The molecular weight excluding hydrogens is 528 g/mol. The maximum atomic E-state index is 14.1. The quantitative estimate of drug-likeness (QED) is 0.245. The van der Waals surface area contributed by atoms with E-state index in [2.05, 4.69) is 52.9 Å². The van der Waals surface area contributed by atoms with Gasteiger partial charge in [-0.3, -0.25) is 4.79 Å². The molecule has 0 aliphatic heterocycles. The van der Waals surface area contributed by atoms with Gasteiger partial charge in [0.05, 0.1) is 22.9 Å². The third-order valence-corrected chi connectivity index (χ3v) is 9.68. The van der Waals surface area contributed by atoms with Crippen LogP contribution in [0.4, 0.5) is 5.13 Å². The van der Waals surface area contributed by atoms with E-state index in [0.717, 1.165) is 56.1 Å². The van der Waals surface area contributed by atoms with E-state index >= 15 is 0 Å². The van der Waals surface area contributed by atoms with Crippen LogP contribution in [0.5, 0.6) is 0 Å². The lowest BCUT2D eigenvalue weighted by Crippen LogP contribution is -2.53. The monoisotopic (exact) mass is 556 g/mol. The Balaban J connectivity index is 1.14. The number of thiazole rings is 1. The highest BCUT2D eigenvalue weighted by atomic mass is 32.1. The van der Waals surface area contributed by atoms with Crippen molar-refractivity contribution in [2.45, 2.75) is 44.9 Å². The van der Waals surface area contributed by atoms with E-state index < -0.39 is 10.8 Å². The number of carbonyl (C=O) groups is 1. The van der Waals surface area contributed by atoms with Gasteiger partial charge in [0.15, 0.2) is 5.13 Å². The third-order valence-electron chi connectivity index (χ3n) is 8.88. The van der Waals surface area contributed by atoms with Crippen molar-refractivity contribution in [2.75, 3.05) is 5.32 Å². The highest BCUT2D eigenvalue weighted by Gasteiger charge is 2.61. The molecule has 2 heterocycles. The van der Waals surface area contributed by atoms with Crippen LogP contribution in [0.1, 0.15) is 64.2 Å². The van der Waals surface area contributed by atoms with Gasteiger partial charge in [0.2, 0.25) is 5.91 Å². The molecule has 0 radical (unpaired) electrons. The van der Waals surface area contributed by atoms with Crippen LogP contribution >= 0.6 is 11.3 Å². The molecule has 8 rings (SSSR count). The second-order valence-electron chi connectivity index (χ2n) is 11.4. The van der Waals surface area contributed by atoms with E-state index in [1.54, 1.807) is 0 Å². The Morgan fingerprint density at radius 3 is 2.32 bits per heavy atom. The van der Waals surface area contributed by atoms with Crippen LogP contribution in [0, 0.1) is 30.6 Å². The number of benzene rings is 3. The number of nitriles is 1. The zero-order chi connectivity index (χ0) is 28.4. The van der Waals surface area contributed by atoms with E-state index in [1.807, 2.05) is 62.5 Å². The summed E-state index contributed by atoms with van der Waals surface area (Å²) in [4.78, 5) is 18.8. The predicted octanol–water partition coefficient (Wildman–Crippen LogP) is 7.31. The van der Waals surface area contributed by atoms with Gasteiger partial charge in [-0.25, -0.2) is 4.98 Å². The number of amides is 1. The minimum Gasteiger partial charge on any atom is -0.361 e. The maximum Gasteiger partial charge on any atom is 0.233 e. The van der Waals surface area contributed by atoms with Gasteiger partial charge in [0.1, 0.15) is 11.2 Å². The molecular formula is C34H28N4O2S. The Morgan fingerprint density at radius 1 is 1.05 bits per heavy atom. The molecule has 2 aromatic heterocycles. The second kappa shape index (κ2) is 9.25. The molecule has 41 heavy (non-hydrogen) atoms. The second-order valence-corrected chi connectivity index (χ2v) is 12.2. The van der Waals surface area contributed by atoms with E-state index in [9.17, 15) is 10.1 Å². The lowest BCUT2D eigenvalue weighted by molar-refractivity contribution is -0.127. The number of carbonyl (C=O) groups excluding carboxylic acids is 1. The SMILES string of the molecule is Cc1noc(C)c1-c1ccc(Cc2csc(NC(=O)C3(C)CC4(C#N)c5ccccc5C3c3ccccc34)n2)cc1. The van der Waals surface area contributed by atoms with Crippen molar-refractivity contribution in [3.05, 3.63) is 123 Å². The van der Waals surface area contributed by atoms with Crippen molar-refractivity contribution >= 4 is 22.4 Å². The molecule has 0 saturated carbocycles. The van der Waals surface area contributed by atoms with E-state index in [1.165, 1.54) is 11.3 Å². The zero-order valence-electron chi connectivity index (χ0n) is 23.1.